The highest BCUT2D eigenvalue weighted by molar-refractivity contribution is 7.09. The molecule has 2 aromatic carbocycles. The largest absolute Gasteiger partial charge is 0.350 e. The van der Waals surface area contributed by atoms with E-state index in [0.29, 0.717) is 25.2 Å². The maximum Gasteiger partial charge on any atom is 0.222 e. The van der Waals surface area contributed by atoms with Gasteiger partial charge < -0.3 is 10.2 Å². The Kier molecular flexibility index (Phi) is 7.52. The lowest BCUT2D eigenvalue weighted by Gasteiger charge is -2.25. The van der Waals surface area contributed by atoms with Crippen LogP contribution in [0.5, 0.6) is 0 Å². The molecule has 0 aliphatic carbocycles. The van der Waals surface area contributed by atoms with Gasteiger partial charge in [0.25, 0.3) is 0 Å². The molecule has 1 amide bonds. The van der Waals surface area contributed by atoms with Gasteiger partial charge in [-0.2, -0.15) is 4.37 Å². The van der Waals surface area contributed by atoms with Gasteiger partial charge in [0.2, 0.25) is 11.0 Å². The maximum atomic E-state index is 13.1. The Morgan fingerprint density at radius 3 is 2.47 bits per heavy atom. The first-order valence-corrected chi connectivity index (χ1v) is 10.9. The number of amides is 1. The zero-order chi connectivity index (χ0) is 21.5. The molecule has 0 saturated heterocycles. The van der Waals surface area contributed by atoms with E-state index in [-0.39, 0.29) is 23.8 Å². The number of rotatable bonds is 9. The number of benzene rings is 2. The highest BCUT2D eigenvalue weighted by Crippen LogP contribution is 2.22. The first-order valence-electron chi connectivity index (χ1n) is 10.1. The zero-order valence-corrected chi connectivity index (χ0v) is 18.3. The van der Waals surface area contributed by atoms with Crippen LogP contribution >= 0.6 is 11.5 Å². The third kappa shape index (κ3) is 6.10. The molecule has 0 fully saturated rings. The number of nitrogens with zero attached hydrogens (tertiary/aromatic N) is 3. The third-order valence-corrected chi connectivity index (χ3v) is 5.65. The van der Waals surface area contributed by atoms with E-state index >= 15 is 0 Å². The van der Waals surface area contributed by atoms with Crippen molar-refractivity contribution in [1.29, 1.82) is 0 Å². The van der Waals surface area contributed by atoms with E-state index < -0.39 is 0 Å². The highest BCUT2D eigenvalue weighted by atomic mass is 32.1. The molecule has 5 nitrogen and oxygen atoms in total. The summed E-state index contributed by atoms with van der Waals surface area (Å²) in [5.74, 6) is 0.457. The van der Waals surface area contributed by atoms with E-state index in [2.05, 4.69) is 33.4 Å². The first kappa shape index (κ1) is 21.9. The minimum absolute atomic E-state index is 0.00746. The fourth-order valence-electron chi connectivity index (χ4n) is 3.15. The van der Waals surface area contributed by atoms with E-state index in [1.54, 1.807) is 12.1 Å². The molecule has 0 bridgehead atoms. The second-order valence-corrected chi connectivity index (χ2v) is 8.26. The summed E-state index contributed by atoms with van der Waals surface area (Å²) in [6, 6.07) is 16.5. The van der Waals surface area contributed by atoms with Crippen molar-refractivity contribution in [2.24, 2.45) is 0 Å². The summed E-state index contributed by atoms with van der Waals surface area (Å²) in [6.45, 7) is 6.70. The third-order valence-electron chi connectivity index (χ3n) is 4.86. The monoisotopic (exact) mass is 426 g/mol. The van der Waals surface area contributed by atoms with Crippen LogP contribution in [0.15, 0.2) is 54.6 Å². The smallest absolute Gasteiger partial charge is 0.222 e. The molecular formula is C23H27FN4OS. The molecule has 1 N–H and O–H groups in total. The lowest BCUT2D eigenvalue weighted by Crippen LogP contribution is -2.36. The van der Waals surface area contributed by atoms with Gasteiger partial charge in [0.05, 0.1) is 6.04 Å². The normalized spacial score (nSPS) is 12.0. The van der Waals surface area contributed by atoms with Crippen LogP contribution in [-0.2, 0) is 11.2 Å². The lowest BCUT2D eigenvalue weighted by molar-refractivity contribution is -0.121. The van der Waals surface area contributed by atoms with Crippen molar-refractivity contribution in [3.05, 3.63) is 77.4 Å². The molecule has 0 saturated carbocycles. The van der Waals surface area contributed by atoms with Crippen molar-refractivity contribution < 1.29 is 9.18 Å². The average Bonchev–Trinajstić information content (AvgIpc) is 3.18. The van der Waals surface area contributed by atoms with Gasteiger partial charge in [-0.15, -0.1) is 0 Å². The van der Waals surface area contributed by atoms with Crippen LogP contribution in [0.4, 0.5) is 9.52 Å². The molecule has 1 atom stereocenters. The molecular weight excluding hydrogens is 399 g/mol. The summed E-state index contributed by atoms with van der Waals surface area (Å²) in [5, 5.41) is 3.85. The van der Waals surface area contributed by atoms with E-state index in [1.165, 1.54) is 23.7 Å². The van der Waals surface area contributed by atoms with Gasteiger partial charge in [-0.25, -0.2) is 9.37 Å². The summed E-state index contributed by atoms with van der Waals surface area (Å²) in [7, 11) is 0. The Labute approximate surface area is 181 Å². The second kappa shape index (κ2) is 10.3. The van der Waals surface area contributed by atoms with Crippen LogP contribution in [0.25, 0.3) is 0 Å². The van der Waals surface area contributed by atoms with E-state index in [9.17, 15) is 9.18 Å². The van der Waals surface area contributed by atoms with Crippen molar-refractivity contribution in [3.63, 3.8) is 0 Å². The number of hydrogen-bond acceptors (Lipinski definition) is 5. The van der Waals surface area contributed by atoms with Gasteiger partial charge in [0.15, 0.2) is 0 Å². The van der Waals surface area contributed by atoms with Crippen molar-refractivity contribution in [1.82, 2.24) is 14.7 Å². The summed E-state index contributed by atoms with van der Waals surface area (Å²) in [5.41, 5.74) is 2.05. The summed E-state index contributed by atoms with van der Waals surface area (Å²) < 4.78 is 17.5. The van der Waals surface area contributed by atoms with Gasteiger partial charge in [-0.3, -0.25) is 4.79 Å². The second-order valence-electron chi connectivity index (χ2n) is 7.53. The summed E-state index contributed by atoms with van der Waals surface area (Å²) in [6.07, 6.45) is 0.931. The minimum Gasteiger partial charge on any atom is -0.350 e. The van der Waals surface area contributed by atoms with Crippen molar-refractivity contribution >= 4 is 22.6 Å². The van der Waals surface area contributed by atoms with Gasteiger partial charge in [-0.1, -0.05) is 42.5 Å². The molecule has 0 spiro atoms. The van der Waals surface area contributed by atoms with Crippen LogP contribution < -0.4 is 10.2 Å². The van der Waals surface area contributed by atoms with Gasteiger partial charge in [-0.05, 0) is 44.0 Å². The van der Waals surface area contributed by atoms with E-state index in [1.807, 2.05) is 37.3 Å². The Morgan fingerprint density at radius 2 is 1.80 bits per heavy atom. The van der Waals surface area contributed by atoms with Crippen molar-refractivity contribution in [2.75, 3.05) is 11.4 Å². The Balaban J connectivity index is 1.57. The lowest BCUT2D eigenvalue weighted by atomic mass is 10.1. The molecule has 0 radical (unpaired) electrons. The molecule has 1 unspecified atom stereocenters. The molecule has 3 aromatic rings. The molecule has 0 aliphatic rings. The number of carbonyl (C=O) groups excluding carboxylic acids is 1. The Morgan fingerprint density at radius 1 is 1.10 bits per heavy atom. The summed E-state index contributed by atoms with van der Waals surface area (Å²) in [4.78, 5) is 19.2. The number of halogens is 1. The zero-order valence-electron chi connectivity index (χ0n) is 17.5. The maximum absolute atomic E-state index is 13.1. The van der Waals surface area contributed by atoms with Crippen LogP contribution in [0.3, 0.4) is 0 Å². The SMILES string of the molecule is CC(NC(=O)CCN(c1nc(Cc2ccc(F)cc2)ns1)C(C)C)c1ccccc1. The Hall–Kier alpha value is -2.80. The van der Waals surface area contributed by atoms with Crippen LogP contribution in [0.2, 0.25) is 0 Å². The molecule has 7 heteroatoms. The van der Waals surface area contributed by atoms with Crippen LogP contribution in [-0.4, -0.2) is 27.9 Å². The molecule has 1 heterocycles. The highest BCUT2D eigenvalue weighted by Gasteiger charge is 2.18. The Bertz CT molecular complexity index is 943. The topological polar surface area (TPSA) is 58.1 Å². The molecule has 158 valence electrons. The number of hydrogen-bond donors (Lipinski definition) is 1. The number of anilines is 1. The number of carbonyl (C=O) groups is 1. The number of nitrogens with one attached hydrogen (secondary N) is 1. The summed E-state index contributed by atoms with van der Waals surface area (Å²) >= 11 is 1.33. The van der Waals surface area contributed by atoms with Crippen LogP contribution in [0.1, 0.15) is 50.2 Å². The predicted octanol–water partition coefficient (Wildman–Crippen LogP) is 4.75. The fraction of sp³-hybridized carbons (Fsp3) is 0.348. The van der Waals surface area contributed by atoms with Gasteiger partial charge in [0.1, 0.15) is 11.6 Å². The van der Waals surface area contributed by atoms with E-state index in [4.69, 9.17) is 0 Å². The molecule has 3 rings (SSSR count). The standard InChI is InChI=1S/C23H27FN4OS/c1-16(2)28(14-13-22(29)25-17(3)19-7-5-4-6-8-19)23-26-21(27-30-23)15-18-9-11-20(24)12-10-18/h4-12,16-17H,13-15H2,1-3H3,(H,25,29). The van der Waals surface area contributed by atoms with Gasteiger partial charge >= 0.3 is 0 Å². The van der Waals surface area contributed by atoms with Crippen molar-refractivity contribution in [2.45, 2.75) is 45.7 Å². The van der Waals surface area contributed by atoms with E-state index in [0.717, 1.165) is 16.3 Å². The molecule has 30 heavy (non-hydrogen) atoms. The average molecular weight is 427 g/mol. The predicted molar refractivity (Wildman–Crippen MR) is 119 cm³/mol. The van der Waals surface area contributed by atoms with Gasteiger partial charge in [0, 0.05) is 37.0 Å². The molecule has 1 aromatic heterocycles. The fourth-order valence-corrected chi connectivity index (χ4v) is 4.00. The van der Waals surface area contributed by atoms with Crippen molar-refractivity contribution in [3.8, 4) is 0 Å². The number of aromatic nitrogens is 2. The minimum atomic E-state index is -0.253. The van der Waals surface area contributed by atoms with Crippen LogP contribution in [0, 0.1) is 5.82 Å². The molecule has 0 aliphatic heterocycles. The quantitative estimate of drug-likeness (QED) is 0.536. The first-order chi connectivity index (χ1) is 14.4.